The van der Waals surface area contributed by atoms with Crippen molar-refractivity contribution in [3.63, 3.8) is 0 Å². The van der Waals surface area contributed by atoms with Gasteiger partial charge in [-0.3, -0.25) is 0 Å². The van der Waals surface area contributed by atoms with Crippen molar-refractivity contribution in [2.45, 2.75) is 44.8 Å². The molecule has 1 saturated carbocycles. The summed E-state index contributed by atoms with van der Waals surface area (Å²) in [7, 11) is 1.70. The molecule has 2 N–H and O–H groups in total. The molecule has 2 aliphatic rings. The first-order valence-electron chi connectivity index (χ1n) is 10.5. The van der Waals surface area contributed by atoms with E-state index in [0.717, 1.165) is 43.1 Å². The van der Waals surface area contributed by atoms with E-state index in [9.17, 15) is 0 Å². The van der Waals surface area contributed by atoms with Crippen molar-refractivity contribution in [1.29, 1.82) is 0 Å². The van der Waals surface area contributed by atoms with Crippen LogP contribution in [0, 0.1) is 12.8 Å². The number of ether oxygens (including phenoxy) is 1. The molecule has 2 aromatic heterocycles. The summed E-state index contributed by atoms with van der Waals surface area (Å²) in [4.78, 5) is 7.17. The van der Waals surface area contributed by atoms with E-state index in [1.54, 1.807) is 7.11 Å². The second kappa shape index (κ2) is 8.13. The van der Waals surface area contributed by atoms with Crippen molar-refractivity contribution in [1.82, 2.24) is 14.6 Å². The Morgan fingerprint density at radius 3 is 2.31 bits per heavy atom. The Morgan fingerprint density at radius 2 is 1.83 bits per heavy atom. The Balaban J connectivity index is 0.000000294. The molecular weight excluding hydrogens is 362 g/mol. The average Bonchev–Trinajstić information content (AvgIpc) is 3.36. The molecule has 0 amide bonds. The molecule has 1 aliphatic heterocycles. The van der Waals surface area contributed by atoms with Crippen LogP contribution in [0.3, 0.4) is 0 Å². The summed E-state index contributed by atoms with van der Waals surface area (Å²) < 4.78 is 7.61. The molecule has 0 bridgehead atoms. The molecule has 3 atom stereocenters. The standard InChI is InChI=1S/C17H25N5O.C6H6/c1-11-5-7-21(9-11)13-8-12(2)15-19-16(20-22(15)10-13)17(23-3)6-4-14(17)18;1-2-4-6-5-3-1/h8,10-11,14H,4-7,9,18H2,1-3H3;1-6H. The van der Waals surface area contributed by atoms with Gasteiger partial charge in [0.1, 0.15) is 5.60 Å². The molecule has 6 nitrogen and oxygen atoms in total. The highest BCUT2D eigenvalue weighted by Gasteiger charge is 2.50. The fourth-order valence-electron chi connectivity index (χ4n) is 4.23. The van der Waals surface area contributed by atoms with E-state index < -0.39 is 5.60 Å². The highest BCUT2D eigenvalue weighted by atomic mass is 16.5. The number of fused-ring (bicyclic) bond motifs is 1. The molecule has 3 aromatic rings. The highest BCUT2D eigenvalue weighted by Crippen LogP contribution is 2.42. The van der Waals surface area contributed by atoms with Gasteiger partial charge in [-0.05, 0) is 43.7 Å². The average molecular weight is 394 g/mol. The Morgan fingerprint density at radius 1 is 1.14 bits per heavy atom. The third-order valence-electron chi connectivity index (χ3n) is 6.23. The smallest absolute Gasteiger partial charge is 0.185 e. The quantitative estimate of drug-likeness (QED) is 0.737. The molecule has 3 unspecified atom stereocenters. The maximum Gasteiger partial charge on any atom is 0.185 e. The van der Waals surface area contributed by atoms with Crippen molar-refractivity contribution in [2.24, 2.45) is 11.7 Å². The zero-order valence-electron chi connectivity index (χ0n) is 17.6. The van der Waals surface area contributed by atoms with E-state index in [4.69, 9.17) is 20.6 Å². The lowest BCUT2D eigenvalue weighted by atomic mass is 9.74. The van der Waals surface area contributed by atoms with E-state index in [1.807, 2.05) is 40.9 Å². The van der Waals surface area contributed by atoms with Crippen LogP contribution in [0.5, 0.6) is 0 Å². The number of pyridine rings is 1. The lowest BCUT2D eigenvalue weighted by Gasteiger charge is -2.43. The van der Waals surface area contributed by atoms with Gasteiger partial charge < -0.3 is 15.4 Å². The summed E-state index contributed by atoms with van der Waals surface area (Å²) in [6, 6.07) is 14.2. The fraction of sp³-hybridized carbons (Fsp3) is 0.478. The van der Waals surface area contributed by atoms with Gasteiger partial charge >= 0.3 is 0 Å². The number of methoxy groups -OCH3 is 1. The van der Waals surface area contributed by atoms with Crippen LogP contribution in [-0.2, 0) is 10.3 Å². The zero-order valence-corrected chi connectivity index (χ0v) is 17.6. The number of aryl methyl sites for hydroxylation is 1. The first-order chi connectivity index (χ1) is 14.0. The SMILES string of the molecule is COC1(c2nc3c(C)cc(N4CCC(C)C4)cn3n2)CCC1N.c1ccccc1. The van der Waals surface area contributed by atoms with Crippen molar-refractivity contribution in [3.05, 3.63) is 60.0 Å². The monoisotopic (exact) mass is 393 g/mol. The van der Waals surface area contributed by atoms with Gasteiger partial charge in [-0.1, -0.05) is 43.3 Å². The molecule has 0 spiro atoms. The predicted molar refractivity (Wildman–Crippen MR) is 116 cm³/mol. The van der Waals surface area contributed by atoms with Crippen LogP contribution >= 0.6 is 0 Å². The number of nitrogens with zero attached hydrogens (tertiary/aromatic N) is 4. The second-order valence-corrected chi connectivity index (χ2v) is 8.32. The lowest BCUT2D eigenvalue weighted by molar-refractivity contribution is -0.102. The van der Waals surface area contributed by atoms with E-state index in [2.05, 4.69) is 31.0 Å². The van der Waals surface area contributed by atoms with Gasteiger partial charge in [-0.25, -0.2) is 9.50 Å². The normalized spacial score (nSPS) is 26.1. The van der Waals surface area contributed by atoms with Crippen LogP contribution in [0.1, 0.15) is 37.6 Å². The summed E-state index contributed by atoms with van der Waals surface area (Å²) in [5.74, 6) is 1.47. The van der Waals surface area contributed by atoms with Crippen LogP contribution in [0.2, 0.25) is 0 Å². The number of rotatable bonds is 3. The first kappa shape index (κ1) is 19.9. The van der Waals surface area contributed by atoms with Crippen LogP contribution in [0.4, 0.5) is 5.69 Å². The van der Waals surface area contributed by atoms with Crippen LogP contribution in [-0.4, -0.2) is 40.8 Å². The molecule has 5 rings (SSSR count). The lowest BCUT2D eigenvalue weighted by Crippen LogP contribution is -2.56. The molecule has 3 heterocycles. The largest absolute Gasteiger partial charge is 0.370 e. The number of anilines is 1. The van der Waals surface area contributed by atoms with E-state index in [-0.39, 0.29) is 6.04 Å². The van der Waals surface area contributed by atoms with Crippen molar-refractivity contribution >= 4 is 11.3 Å². The molecule has 6 heteroatoms. The minimum atomic E-state index is -0.513. The van der Waals surface area contributed by atoms with Crippen molar-refractivity contribution < 1.29 is 4.74 Å². The van der Waals surface area contributed by atoms with Gasteiger partial charge in [-0.15, -0.1) is 5.10 Å². The molecule has 1 aliphatic carbocycles. The third-order valence-corrected chi connectivity index (χ3v) is 6.23. The number of aromatic nitrogens is 3. The summed E-state index contributed by atoms with van der Waals surface area (Å²) in [6.45, 7) is 6.62. The molecule has 154 valence electrons. The maximum atomic E-state index is 6.18. The summed E-state index contributed by atoms with van der Waals surface area (Å²) in [5.41, 5.74) is 8.93. The van der Waals surface area contributed by atoms with Gasteiger partial charge in [0.25, 0.3) is 0 Å². The van der Waals surface area contributed by atoms with Gasteiger partial charge in [0, 0.05) is 26.2 Å². The molecular formula is C23H31N5O. The number of nitrogens with two attached hydrogens (primary N) is 1. The van der Waals surface area contributed by atoms with Gasteiger partial charge in [0.2, 0.25) is 0 Å². The number of benzene rings is 1. The van der Waals surface area contributed by atoms with Crippen molar-refractivity contribution in [3.8, 4) is 0 Å². The van der Waals surface area contributed by atoms with Crippen LogP contribution < -0.4 is 10.6 Å². The summed E-state index contributed by atoms with van der Waals surface area (Å²) in [5, 5.41) is 4.71. The Hall–Kier alpha value is -2.44. The van der Waals surface area contributed by atoms with E-state index >= 15 is 0 Å². The zero-order chi connectivity index (χ0) is 20.4. The van der Waals surface area contributed by atoms with Crippen LogP contribution in [0.25, 0.3) is 5.65 Å². The van der Waals surface area contributed by atoms with Gasteiger partial charge in [0.05, 0.1) is 11.9 Å². The Kier molecular flexibility index (Phi) is 5.56. The highest BCUT2D eigenvalue weighted by molar-refractivity contribution is 5.57. The molecule has 29 heavy (non-hydrogen) atoms. The summed E-state index contributed by atoms with van der Waals surface area (Å²) in [6.07, 6.45) is 5.18. The van der Waals surface area contributed by atoms with Crippen LogP contribution in [0.15, 0.2) is 48.7 Å². The van der Waals surface area contributed by atoms with E-state index in [0.29, 0.717) is 5.82 Å². The first-order valence-corrected chi connectivity index (χ1v) is 10.5. The topological polar surface area (TPSA) is 68.7 Å². The molecule has 1 saturated heterocycles. The Labute approximate surface area is 172 Å². The molecule has 2 fully saturated rings. The Bertz CT molecular complexity index is 926. The summed E-state index contributed by atoms with van der Waals surface area (Å²) >= 11 is 0. The molecule has 1 aromatic carbocycles. The number of hydrogen-bond acceptors (Lipinski definition) is 5. The molecule has 0 radical (unpaired) electrons. The fourth-order valence-corrected chi connectivity index (χ4v) is 4.23. The third kappa shape index (κ3) is 3.74. The van der Waals surface area contributed by atoms with Crippen molar-refractivity contribution in [2.75, 3.05) is 25.1 Å². The van der Waals surface area contributed by atoms with E-state index in [1.165, 1.54) is 12.1 Å². The predicted octanol–water partition coefficient (Wildman–Crippen LogP) is 3.53. The maximum absolute atomic E-state index is 6.18. The minimum Gasteiger partial charge on any atom is -0.370 e. The van der Waals surface area contributed by atoms with Gasteiger partial charge in [-0.2, -0.15) is 0 Å². The van der Waals surface area contributed by atoms with Gasteiger partial charge in [0.15, 0.2) is 11.5 Å². The second-order valence-electron chi connectivity index (χ2n) is 8.32. The minimum absolute atomic E-state index is 0.0240. The number of hydrogen-bond donors (Lipinski definition) is 1.